The van der Waals surface area contributed by atoms with E-state index < -0.39 is 27.9 Å². The SMILES string of the molecule is CCNS(=O)(=O)c1ccc(/C=C/C(=O)NC(CC(=O)OC)c2ccc(Cl)cc2)cc1. The van der Waals surface area contributed by atoms with Crippen molar-refractivity contribution in [1.29, 1.82) is 0 Å². The number of esters is 1. The summed E-state index contributed by atoms with van der Waals surface area (Å²) in [7, 11) is -2.25. The standard InChI is InChI=1S/C21H23ClN2O5S/c1-3-23-30(27,28)18-11-4-15(5-12-18)6-13-20(25)24-19(14-21(26)29-2)16-7-9-17(22)10-8-16/h4-13,19,23H,3,14H2,1-2H3,(H,24,25)/b13-6+. The molecule has 1 amide bonds. The van der Waals surface area contributed by atoms with E-state index in [0.29, 0.717) is 22.7 Å². The molecule has 7 nitrogen and oxygen atoms in total. The zero-order valence-electron chi connectivity index (χ0n) is 16.6. The van der Waals surface area contributed by atoms with Crippen molar-refractivity contribution in [2.75, 3.05) is 13.7 Å². The summed E-state index contributed by atoms with van der Waals surface area (Å²) in [4.78, 5) is 24.2. The highest BCUT2D eigenvalue weighted by Gasteiger charge is 2.18. The van der Waals surface area contributed by atoms with Gasteiger partial charge in [0.1, 0.15) is 0 Å². The predicted molar refractivity (Wildman–Crippen MR) is 115 cm³/mol. The Kier molecular flexibility index (Phi) is 8.58. The van der Waals surface area contributed by atoms with Crippen molar-refractivity contribution in [2.45, 2.75) is 24.3 Å². The molecule has 0 aliphatic rings. The summed E-state index contributed by atoms with van der Waals surface area (Å²) < 4.78 is 31.0. The first-order valence-electron chi connectivity index (χ1n) is 9.15. The molecule has 160 valence electrons. The van der Waals surface area contributed by atoms with Gasteiger partial charge in [-0.2, -0.15) is 0 Å². The Morgan fingerprint density at radius 1 is 1.10 bits per heavy atom. The number of ether oxygens (including phenoxy) is 1. The Hall–Kier alpha value is -2.68. The number of hydrogen-bond donors (Lipinski definition) is 2. The first-order chi connectivity index (χ1) is 14.2. The molecular weight excluding hydrogens is 428 g/mol. The van der Waals surface area contributed by atoms with E-state index >= 15 is 0 Å². The summed E-state index contributed by atoms with van der Waals surface area (Å²) >= 11 is 5.90. The molecule has 9 heteroatoms. The van der Waals surface area contributed by atoms with Crippen molar-refractivity contribution in [3.63, 3.8) is 0 Å². The van der Waals surface area contributed by atoms with Gasteiger partial charge in [-0.05, 0) is 41.5 Å². The van der Waals surface area contributed by atoms with Crippen LogP contribution in [-0.4, -0.2) is 33.9 Å². The van der Waals surface area contributed by atoms with E-state index in [1.54, 1.807) is 49.4 Å². The third-order valence-corrected chi connectivity index (χ3v) is 5.95. The van der Waals surface area contributed by atoms with Gasteiger partial charge in [0.05, 0.1) is 24.5 Å². The molecule has 0 aromatic heterocycles. The van der Waals surface area contributed by atoms with Crippen LogP contribution >= 0.6 is 11.6 Å². The van der Waals surface area contributed by atoms with E-state index in [4.69, 9.17) is 16.3 Å². The van der Waals surface area contributed by atoms with Crippen LogP contribution in [0.25, 0.3) is 6.08 Å². The number of benzene rings is 2. The van der Waals surface area contributed by atoms with Crippen LogP contribution in [0.15, 0.2) is 59.5 Å². The maximum atomic E-state index is 12.4. The Morgan fingerprint density at radius 3 is 2.30 bits per heavy atom. The third kappa shape index (κ3) is 6.98. The summed E-state index contributed by atoms with van der Waals surface area (Å²) in [6, 6.07) is 12.3. The number of sulfonamides is 1. The van der Waals surface area contributed by atoms with Gasteiger partial charge in [-0.3, -0.25) is 9.59 Å². The van der Waals surface area contributed by atoms with Crippen LogP contribution in [0.5, 0.6) is 0 Å². The minimum Gasteiger partial charge on any atom is -0.469 e. The van der Waals surface area contributed by atoms with Crippen LogP contribution < -0.4 is 10.0 Å². The molecule has 0 aliphatic carbocycles. The van der Waals surface area contributed by atoms with E-state index in [9.17, 15) is 18.0 Å². The van der Waals surface area contributed by atoms with Gasteiger partial charge in [-0.1, -0.05) is 42.8 Å². The predicted octanol–water partition coefficient (Wildman–Crippen LogP) is 3.07. The van der Waals surface area contributed by atoms with Crippen LogP contribution in [0.2, 0.25) is 5.02 Å². The van der Waals surface area contributed by atoms with Crippen LogP contribution in [0, 0.1) is 0 Å². The van der Waals surface area contributed by atoms with Gasteiger partial charge in [0.15, 0.2) is 0 Å². The zero-order valence-corrected chi connectivity index (χ0v) is 18.2. The fourth-order valence-electron chi connectivity index (χ4n) is 2.62. The number of hydrogen-bond acceptors (Lipinski definition) is 5. The number of amides is 1. The average Bonchev–Trinajstić information content (AvgIpc) is 2.72. The normalized spacial score (nSPS) is 12.5. The van der Waals surface area contributed by atoms with Gasteiger partial charge in [0, 0.05) is 17.6 Å². The van der Waals surface area contributed by atoms with Crippen molar-refractivity contribution in [3.8, 4) is 0 Å². The quantitative estimate of drug-likeness (QED) is 0.451. The third-order valence-electron chi connectivity index (χ3n) is 4.14. The molecule has 1 atom stereocenters. The summed E-state index contributed by atoms with van der Waals surface area (Å²) in [5.74, 6) is -0.875. The van der Waals surface area contributed by atoms with Crippen molar-refractivity contribution >= 4 is 39.6 Å². The lowest BCUT2D eigenvalue weighted by Crippen LogP contribution is -2.29. The summed E-state index contributed by atoms with van der Waals surface area (Å²) in [5, 5.41) is 3.31. The van der Waals surface area contributed by atoms with Gasteiger partial charge in [-0.15, -0.1) is 0 Å². The highest BCUT2D eigenvalue weighted by Crippen LogP contribution is 2.20. The van der Waals surface area contributed by atoms with Crippen molar-refractivity contribution < 1.29 is 22.7 Å². The molecule has 0 saturated heterocycles. The Balaban J connectivity index is 2.09. The number of carbonyl (C=O) groups is 2. The molecule has 0 spiro atoms. The van der Waals surface area contributed by atoms with Crippen LogP contribution in [0.3, 0.4) is 0 Å². The summed E-state index contributed by atoms with van der Waals surface area (Å²) in [5.41, 5.74) is 1.36. The number of nitrogens with one attached hydrogen (secondary N) is 2. The van der Waals surface area contributed by atoms with Crippen LogP contribution in [-0.2, 0) is 24.3 Å². The zero-order chi connectivity index (χ0) is 22.1. The lowest BCUT2D eigenvalue weighted by atomic mass is 10.0. The smallest absolute Gasteiger partial charge is 0.307 e. The molecule has 0 bridgehead atoms. The lowest BCUT2D eigenvalue weighted by Gasteiger charge is -2.17. The fraction of sp³-hybridized carbons (Fsp3) is 0.238. The number of rotatable bonds is 9. The molecule has 30 heavy (non-hydrogen) atoms. The molecule has 0 heterocycles. The molecule has 2 aromatic rings. The average molecular weight is 451 g/mol. The van der Waals surface area contributed by atoms with Crippen LogP contribution in [0.1, 0.15) is 30.5 Å². The van der Waals surface area contributed by atoms with E-state index in [-0.39, 0.29) is 11.3 Å². The highest BCUT2D eigenvalue weighted by molar-refractivity contribution is 7.89. The van der Waals surface area contributed by atoms with Gasteiger partial charge < -0.3 is 10.1 Å². The Bertz CT molecular complexity index is 1000. The number of methoxy groups -OCH3 is 1. The topological polar surface area (TPSA) is 102 Å². The monoisotopic (exact) mass is 450 g/mol. The molecule has 0 radical (unpaired) electrons. The minimum atomic E-state index is -3.53. The van der Waals surface area contributed by atoms with Crippen LogP contribution in [0.4, 0.5) is 0 Å². The van der Waals surface area contributed by atoms with Gasteiger partial charge in [0.25, 0.3) is 0 Å². The highest BCUT2D eigenvalue weighted by atomic mass is 35.5. The Labute approximate surface area is 181 Å². The van der Waals surface area contributed by atoms with Crippen molar-refractivity contribution in [2.24, 2.45) is 0 Å². The number of carbonyl (C=O) groups excluding carboxylic acids is 2. The molecule has 2 N–H and O–H groups in total. The lowest BCUT2D eigenvalue weighted by molar-refractivity contribution is -0.141. The largest absolute Gasteiger partial charge is 0.469 e. The molecule has 0 fully saturated rings. The van der Waals surface area contributed by atoms with E-state index in [1.165, 1.54) is 25.3 Å². The second-order valence-corrected chi connectivity index (χ2v) is 8.50. The first-order valence-corrected chi connectivity index (χ1v) is 11.0. The van der Waals surface area contributed by atoms with Gasteiger partial charge in [0.2, 0.25) is 15.9 Å². The maximum Gasteiger partial charge on any atom is 0.307 e. The van der Waals surface area contributed by atoms with Crippen molar-refractivity contribution in [1.82, 2.24) is 10.0 Å². The molecule has 0 aliphatic heterocycles. The molecule has 1 unspecified atom stereocenters. The maximum absolute atomic E-state index is 12.4. The second-order valence-electron chi connectivity index (χ2n) is 6.30. The number of halogens is 1. The van der Waals surface area contributed by atoms with E-state index in [2.05, 4.69) is 10.0 Å². The first kappa shape index (κ1) is 23.6. The Morgan fingerprint density at radius 2 is 1.73 bits per heavy atom. The van der Waals surface area contributed by atoms with E-state index in [0.717, 1.165) is 0 Å². The molecule has 2 rings (SSSR count). The summed E-state index contributed by atoms with van der Waals surface area (Å²) in [6.45, 7) is 2.00. The van der Waals surface area contributed by atoms with Gasteiger partial charge in [-0.25, -0.2) is 13.1 Å². The molecule has 0 saturated carbocycles. The van der Waals surface area contributed by atoms with Gasteiger partial charge >= 0.3 is 5.97 Å². The molecule has 2 aromatic carbocycles. The van der Waals surface area contributed by atoms with Crippen molar-refractivity contribution in [3.05, 3.63) is 70.8 Å². The minimum absolute atomic E-state index is 0.0330. The second kappa shape index (κ2) is 10.9. The fourth-order valence-corrected chi connectivity index (χ4v) is 3.79. The summed E-state index contributed by atoms with van der Waals surface area (Å²) in [6.07, 6.45) is 2.83. The molecular formula is C21H23ClN2O5S. The van der Waals surface area contributed by atoms with E-state index in [1.807, 2.05) is 0 Å².